The second-order valence-corrected chi connectivity index (χ2v) is 4.32. The predicted octanol–water partition coefficient (Wildman–Crippen LogP) is 1.62. The van der Waals surface area contributed by atoms with Crippen LogP contribution in [0.2, 0.25) is 0 Å². The lowest BCUT2D eigenvalue weighted by Gasteiger charge is -2.10. The third kappa shape index (κ3) is 3.37. The Morgan fingerprint density at radius 3 is 3.06 bits per heavy atom. The molecule has 1 aromatic rings. The van der Waals surface area contributed by atoms with Crippen LogP contribution >= 0.6 is 11.3 Å². The fourth-order valence-electron chi connectivity index (χ4n) is 1.11. The van der Waals surface area contributed by atoms with Crippen LogP contribution in [0.4, 0.5) is 0 Å². The molecule has 0 saturated heterocycles. The zero-order chi connectivity index (χ0) is 12.0. The van der Waals surface area contributed by atoms with Crippen molar-refractivity contribution in [2.24, 2.45) is 0 Å². The highest BCUT2D eigenvalue weighted by molar-refractivity contribution is 7.12. The van der Waals surface area contributed by atoms with Crippen molar-refractivity contribution in [2.45, 2.75) is 26.3 Å². The molecule has 0 aliphatic rings. The van der Waals surface area contributed by atoms with Crippen LogP contribution in [-0.2, 0) is 0 Å². The summed E-state index contributed by atoms with van der Waals surface area (Å²) in [6, 6.07) is 1.95. The Bertz CT molecular complexity index is 414. The molecule has 2 N–H and O–H groups in total. The smallest absolute Gasteiger partial charge is 0.262 e. The fourth-order valence-corrected chi connectivity index (χ4v) is 1.86. The second kappa shape index (κ2) is 6.31. The molecule has 86 valence electrons. The normalized spacial score (nSPS) is 11.4. The number of thiophene rings is 1. The molecule has 0 fully saturated rings. The molecule has 0 aliphatic heterocycles. The van der Waals surface area contributed by atoms with Crippen LogP contribution in [0.5, 0.6) is 0 Å². The topological polar surface area (TPSA) is 49.3 Å². The highest BCUT2D eigenvalue weighted by atomic mass is 32.1. The van der Waals surface area contributed by atoms with Crippen molar-refractivity contribution in [1.82, 2.24) is 5.32 Å². The summed E-state index contributed by atoms with van der Waals surface area (Å²) < 4.78 is 0. The van der Waals surface area contributed by atoms with Gasteiger partial charge in [0.1, 0.15) is 11.5 Å². The van der Waals surface area contributed by atoms with Crippen LogP contribution in [-0.4, -0.2) is 23.7 Å². The Kier molecular flexibility index (Phi) is 5.03. The predicted molar refractivity (Wildman–Crippen MR) is 65.5 cm³/mol. The molecule has 4 heteroatoms. The van der Waals surface area contributed by atoms with Crippen molar-refractivity contribution >= 4 is 17.2 Å². The number of aliphatic hydroxyl groups is 1. The van der Waals surface area contributed by atoms with Crippen molar-refractivity contribution in [1.29, 1.82) is 0 Å². The molecule has 0 aliphatic carbocycles. The van der Waals surface area contributed by atoms with E-state index >= 15 is 0 Å². The zero-order valence-electron chi connectivity index (χ0n) is 9.41. The molecule has 0 saturated carbocycles. The van der Waals surface area contributed by atoms with Crippen molar-refractivity contribution in [3.63, 3.8) is 0 Å². The van der Waals surface area contributed by atoms with Gasteiger partial charge in [0.25, 0.3) is 5.91 Å². The van der Waals surface area contributed by atoms with Gasteiger partial charge in [-0.2, -0.15) is 0 Å². The van der Waals surface area contributed by atoms with Gasteiger partial charge in [0.2, 0.25) is 0 Å². The van der Waals surface area contributed by atoms with E-state index in [1.54, 1.807) is 6.07 Å². The lowest BCUT2D eigenvalue weighted by molar-refractivity contribution is 0.0943. The highest BCUT2D eigenvalue weighted by Gasteiger charge is 2.13. The van der Waals surface area contributed by atoms with Gasteiger partial charge in [0, 0.05) is 11.6 Å². The molecule has 1 atom stereocenters. The molecule has 1 rings (SSSR count). The van der Waals surface area contributed by atoms with Crippen LogP contribution < -0.4 is 5.32 Å². The van der Waals surface area contributed by atoms with Crippen molar-refractivity contribution in [3.05, 3.63) is 21.9 Å². The van der Waals surface area contributed by atoms with Gasteiger partial charge in [0.05, 0.1) is 0 Å². The van der Waals surface area contributed by atoms with E-state index in [0.29, 0.717) is 10.4 Å². The van der Waals surface area contributed by atoms with E-state index in [4.69, 9.17) is 5.11 Å². The number of hydrogen-bond donors (Lipinski definition) is 2. The molecular weight excluding hydrogens is 222 g/mol. The minimum Gasteiger partial charge on any atom is -0.384 e. The highest BCUT2D eigenvalue weighted by Crippen LogP contribution is 2.15. The zero-order valence-corrected chi connectivity index (χ0v) is 10.2. The van der Waals surface area contributed by atoms with E-state index in [0.717, 1.165) is 6.42 Å². The van der Waals surface area contributed by atoms with Gasteiger partial charge in [-0.05, 0) is 24.8 Å². The molecule has 0 spiro atoms. The number of rotatable bonds is 3. The van der Waals surface area contributed by atoms with Crippen molar-refractivity contribution in [2.75, 3.05) is 6.61 Å². The molecule has 3 nitrogen and oxygen atoms in total. The van der Waals surface area contributed by atoms with Gasteiger partial charge >= 0.3 is 0 Å². The number of hydrogen-bond acceptors (Lipinski definition) is 3. The number of nitrogens with one attached hydrogen (secondary N) is 1. The number of carbonyl (C=O) groups excluding carboxylic acids is 1. The summed E-state index contributed by atoms with van der Waals surface area (Å²) in [6.45, 7) is 3.79. The minimum atomic E-state index is -0.192. The summed E-state index contributed by atoms with van der Waals surface area (Å²) in [5.74, 6) is 5.22. The fraction of sp³-hybridized carbons (Fsp3) is 0.417. The molecule has 0 radical (unpaired) electrons. The largest absolute Gasteiger partial charge is 0.384 e. The van der Waals surface area contributed by atoms with E-state index in [1.165, 1.54) is 11.3 Å². The van der Waals surface area contributed by atoms with Crippen molar-refractivity contribution < 1.29 is 9.90 Å². The number of aliphatic hydroxyl groups excluding tert-OH is 1. The summed E-state index contributed by atoms with van der Waals surface area (Å²) >= 11 is 1.36. The van der Waals surface area contributed by atoms with Gasteiger partial charge < -0.3 is 10.4 Å². The first-order valence-electron chi connectivity index (χ1n) is 5.17. The third-order valence-corrected chi connectivity index (χ3v) is 3.08. The number of amides is 1. The molecule has 1 unspecified atom stereocenters. The van der Waals surface area contributed by atoms with E-state index in [-0.39, 0.29) is 18.6 Å². The van der Waals surface area contributed by atoms with Gasteiger partial charge in [-0.3, -0.25) is 4.79 Å². The minimum absolute atomic E-state index is 0.0911. The summed E-state index contributed by atoms with van der Waals surface area (Å²) in [5.41, 5.74) is 0.680. The Morgan fingerprint density at radius 1 is 1.69 bits per heavy atom. The van der Waals surface area contributed by atoms with Crippen LogP contribution in [0, 0.1) is 11.8 Å². The standard InChI is InChI=1S/C12H15NO2S/c1-3-9(2)13-12(15)11-10(5-4-7-14)6-8-16-11/h6,8-9,14H,3,7H2,1-2H3,(H,13,15). The van der Waals surface area contributed by atoms with Crippen molar-refractivity contribution in [3.8, 4) is 11.8 Å². The van der Waals surface area contributed by atoms with E-state index in [1.807, 2.05) is 19.2 Å². The molecular formula is C12H15NO2S. The van der Waals surface area contributed by atoms with Crippen LogP contribution in [0.15, 0.2) is 11.4 Å². The lowest BCUT2D eigenvalue weighted by Crippen LogP contribution is -2.31. The molecule has 1 amide bonds. The lowest BCUT2D eigenvalue weighted by atomic mass is 10.2. The molecule has 1 heterocycles. The maximum atomic E-state index is 11.8. The Labute approximate surface area is 99.5 Å². The summed E-state index contributed by atoms with van der Waals surface area (Å²) in [4.78, 5) is 12.4. The van der Waals surface area contributed by atoms with Crippen LogP contribution in [0.3, 0.4) is 0 Å². The Balaban J connectivity index is 2.79. The average Bonchev–Trinajstić information content (AvgIpc) is 2.74. The van der Waals surface area contributed by atoms with E-state index in [9.17, 15) is 4.79 Å². The first-order chi connectivity index (χ1) is 7.69. The monoisotopic (exact) mass is 237 g/mol. The first-order valence-corrected chi connectivity index (χ1v) is 6.05. The Morgan fingerprint density at radius 2 is 2.44 bits per heavy atom. The van der Waals surface area contributed by atoms with E-state index in [2.05, 4.69) is 17.2 Å². The van der Waals surface area contributed by atoms with E-state index < -0.39 is 0 Å². The molecule has 16 heavy (non-hydrogen) atoms. The SMILES string of the molecule is CCC(C)NC(=O)c1sccc1C#CCO. The maximum Gasteiger partial charge on any atom is 0.262 e. The average molecular weight is 237 g/mol. The van der Waals surface area contributed by atoms with Crippen LogP contribution in [0.25, 0.3) is 0 Å². The first kappa shape index (κ1) is 12.8. The van der Waals surface area contributed by atoms with Gasteiger partial charge in [0.15, 0.2) is 0 Å². The summed E-state index contributed by atoms with van der Waals surface area (Å²) in [5, 5.41) is 13.3. The summed E-state index contributed by atoms with van der Waals surface area (Å²) in [6.07, 6.45) is 0.898. The van der Waals surface area contributed by atoms with Gasteiger partial charge in [-0.15, -0.1) is 11.3 Å². The third-order valence-electron chi connectivity index (χ3n) is 2.16. The molecule has 1 aromatic heterocycles. The Hall–Kier alpha value is -1.31. The summed E-state index contributed by atoms with van der Waals surface area (Å²) in [7, 11) is 0. The van der Waals surface area contributed by atoms with Gasteiger partial charge in [-0.25, -0.2) is 0 Å². The van der Waals surface area contributed by atoms with Gasteiger partial charge in [-0.1, -0.05) is 18.8 Å². The quantitative estimate of drug-likeness (QED) is 0.785. The van der Waals surface area contributed by atoms with Crippen LogP contribution in [0.1, 0.15) is 35.5 Å². The second-order valence-electron chi connectivity index (χ2n) is 3.41. The number of carbonyl (C=O) groups is 1. The molecule has 0 aromatic carbocycles. The maximum absolute atomic E-state index is 11.8. The molecule has 0 bridgehead atoms.